The first-order valence-electron chi connectivity index (χ1n) is 8.71. The lowest BCUT2D eigenvalue weighted by Gasteiger charge is -2.10. The van der Waals surface area contributed by atoms with E-state index >= 15 is 0 Å². The van der Waals surface area contributed by atoms with E-state index < -0.39 is 10.0 Å². The zero-order valence-electron chi connectivity index (χ0n) is 15.3. The van der Waals surface area contributed by atoms with Crippen LogP contribution >= 0.6 is 15.9 Å². The molecule has 0 fully saturated rings. The SMILES string of the molecule is O=C(NCc1cccnc1)Nc1ccc(CNS(=O)(=O)c2ccccc2Br)cc1. The predicted octanol–water partition coefficient (Wildman–Crippen LogP) is 3.64. The Labute approximate surface area is 177 Å². The van der Waals surface area contributed by atoms with Crippen molar-refractivity contribution in [2.45, 2.75) is 18.0 Å². The summed E-state index contributed by atoms with van der Waals surface area (Å²) < 4.78 is 27.9. The molecule has 9 heteroatoms. The van der Waals surface area contributed by atoms with Crippen molar-refractivity contribution < 1.29 is 13.2 Å². The average molecular weight is 475 g/mol. The number of hydrogen-bond acceptors (Lipinski definition) is 4. The number of hydrogen-bond donors (Lipinski definition) is 3. The smallest absolute Gasteiger partial charge is 0.319 e. The summed E-state index contributed by atoms with van der Waals surface area (Å²) in [6.45, 7) is 0.506. The lowest BCUT2D eigenvalue weighted by Crippen LogP contribution is -2.28. The molecule has 0 aliphatic rings. The van der Waals surface area contributed by atoms with Crippen LogP contribution < -0.4 is 15.4 Å². The summed E-state index contributed by atoms with van der Waals surface area (Å²) in [7, 11) is -3.63. The van der Waals surface area contributed by atoms with Gasteiger partial charge in [-0.2, -0.15) is 0 Å². The fourth-order valence-corrected chi connectivity index (χ4v) is 4.50. The second-order valence-electron chi connectivity index (χ2n) is 6.12. The van der Waals surface area contributed by atoms with Gasteiger partial charge in [-0.15, -0.1) is 0 Å². The fourth-order valence-electron chi connectivity index (χ4n) is 2.49. The zero-order chi connectivity index (χ0) is 20.7. The Hall–Kier alpha value is -2.75. The highest BCUT2D eigenvalue weighted by molar-refractivity contribution is 9.10. The molecule has 0 atom stereocenters. The molecule has 3 aromatic rings. The van der Waals surface area contributed by atoms with E-state index in [9.17, 15) is 13.2 Å². The summed E-state index contributed by atoms with van der Waals surface area (Å²) in [5.41, 5.74) is 2.27. The Morgan fingerprint density at radius 1 is 0.931 bits per heavy atom. The van der Waals surface area contributed by atoms with Crippen LogP contribution in [0.4, 0.5) is 10.5 Å². The third-order valence-electron chi connectivity index (χ3n) is 3.98. The van der Waals surface area contributed by atoms with Crippen molar-refractivity contribution in [2.75, 3.05) is 5.32 Å². The summed E-state index contributed by atoms with van der Waals surface area (Å²) in [6.07, 6.45) is 3.36. The molecule has 7 nitrogen and oxygen atoms in total. The van der Waals surface area contributed by atoms with Gasteiger partial charge in [0.15, 0.2) is 0 Å². The first kappa shape index (κ1) is 21.0. The van der Waals surface area contributed by atoms with Crippen molar-refractivity contribution >= 4 is 37.7 Å². The molecule has 1 aromatic heterocycles. The van der Waals surface area contributed by atoms with Gasteiger partial charge in [0.05, 0.1) is 4.90 Å². The Morgan fingerprint density at radius 2 is 1.69 bits per heavy atom. The van der Waals surface area contributed by atoms with Crippen LogP contribution in [0.1, 0.15) is 11.1 Å². The van der Waals surface area contributed by atoms with Crippen LogP contribution in [0.15, 0.2) is 82.4 Å². The number of pyridine rings is 1. The average Bonchev–Trinajstić information content (AvgIpc) is 2.73. The first-order chi connectivity index (χ1) is 13.9. The van der Waals surface area contributed by atoms with E-state index in [0.29, 0.717) is 16.7 Å². The lowest BCUT2D eigenvalue weighted by atomic mass is 10.2. The number of sulfonamides is 1. The zero-order valence-corrected chi connectivity index (χ0v) is 17.7. The molecule has 0 radical (unpaired) electrons. The third-order valence-corrected chi connectivity index (χ3v) is 6.39. The number of halogens is 1. The molecule has 0 bridgehead atoms. The standard InChI is InChI=1S/C20H19BrN4O3S/c21-18-5-1-2-6-19(18)29(27,28)24-14-15-7-9-17(10-8-15)25-20(26)23-13-16-4-3-11-22-12-16/h1-12,24H,13-14H2,(H2,23,25,26). The molecule has 0 aliphatic heterocycles. The summed E-state index contributed by atoms with van der Waals surface area (Å²) in [5, 5.41) is 5.47. The van der Waals surface area contributed by atoms with Crippen LogP contribution in [-0.2, 0) is 23.1 Å². The number of aromatic nitrogens is 1. The van der Waals surface area contributed by atoms with E-state index in [0.717, 1.165) is 11.1 Å². The normalized spacial score (nSPS) is 11.1. The number of nitrogens with zero attached hydrogens (tertiary/aromatic N) is 1. The second-order valence-corrected chi connectivity index (χ2v) is 8.71. The van der Waals surface area contributed by atoms with E-state index in [4.69, 9.17) is 0 Å². The molecule has 0 unspecified atom stereocenters. The van der Waals surface area contributed by atoms with E-state index in [1.54, 1.807) is 60.9 Å². The van der Waals surface area contributed by atoms with E-state index in [2.05, 4.69) is 36.3 Å². The van der Waals surface area contributed by atoms with Crippen LogP contribution in [0.2, 0.25) is 0 Å². The molecule has 2 aromatic carbocycles. The monoisotopic (exact) mass is 474 g/mol. The third kappa shape index (κ3) is 6.11. The minimum absolute atomic E-state index is 0.136. The molecular formula is C20H19BrN4O3S. The van der Waals surface area contributed by atoms with Gasteiger partial charge in [-0.3, -0.25) is 4.98 Å². The second kappa shape index (κ2) is 9.64. The summed E-state index contributed by atoms with van der Waals surface area (Å²) in [4.78, 5) is 16.2. The van der Waals surface area contributed by atoms with Crippen molar-refractivity contribution in [3.63, 3.8) is 0 Å². The molecule has 0 saturated heterocycles. The maximum atomic E-state index is 12.4. The van der Waals surface area contributed by atoms with Gasteiger partial charge in [0.2, 0.25) is 10.0 Å². The number of rotatable bonds is 7. The minimum atomic E-state index is -3.63. The largest absolute Gasteiger partial charge is 0.334 e. The molecule has 2 amide bonds. The minimum Gasteiger partial charge on any atom is -0.334 e. The van der Waals surface area contributed by atoms with Crippen molar-refractivity contribution in [1.82, 2.24) is 15.0 Å². The van der Waals surface area contributed by atoms with Crippen LogP contribution in [0.5, 0.6) is 0 Å². The quantitative estimate of drug-likeness (QED) is 0.486. The molecule has 1 heterocycles. The number of nitrogens with one attached hydrogen (secondary N) is 3. The summed E-state index contributed by atoms with van der Waals surface area (Å²) >= 11 is 3.25. The highest BCUT2D eigenvalue weighted by Crippen LogP contribution is 2.21. The Kier molecular flexibility index (Phi) is 6.97. The highest BCUT2D eigenvalue weighted by Gasteiger charge is 2.16. The van der Waals surface area contributed by atoms with Gasteiger partial charge < -0.3 is 10.6 Å². The molecule has 29 heavy (non-hydrogen) atoms. The number of anilines is 1. The van der Waals surface area contributed by atoms with E-state index in [-0.39, 0.29) is 17.5 Å². The van der Waals surface area contributed by atoms with Gasteiger partial charge in [-0.25, -0.2) is 17.9 Å². The van der Waals surface area contributed by atoms with Crippen molar-refractivity contribution in [2.24, 2.45) is 0 Å². The summed E-state index contributed by atoms with van der Waals surface area (Å²) in [5.74, 6) is 0. The van der Waals surface area contributed by atoms with Gasteiger partial charge in [0.25, 0.3) is 0 Å². The topological polar surface area (TPSA) is 100 Å². The molecule has 3 N–H and O–H groups in total. The number of amides is 2. The highest BCUT2D eigenvalue weighted by atomic mass is 79.9. The Bertz CT molecular complexity index is 1070. The summed E-state index contributed by atoms with van der Waals surface area (Å²) in [6, 6.07) is 16.9. The van der Waals surface area contributed by atoms with Crippen LogP contribution in [0.3, 0.4) is 0 Å². The van der Waals surface area contributed by atoms with Gasteiger partial charge in [0, 0.05) is 35.6 Å². The Morgan fingerprint density at radius 3 is 2.38 bits per heavy atom. The molecule has 3 rings (SSSR count). The fraction of sp³-hybridized carbons (Fsp3) is 0.100. The van der Waals surface area contributed by atoms with Crippen LogP contribution in [0, 0.1) is 0 Å². The Balaban J connectivity index is 1.52. The van der Waals surface area contributed by atoms with Gasteiger partial charge in [0.1, 0.15) is 0 Å². The van der Waals surface area contributed by atoms with Crippen molar-refractivity contribution in [3.05, 3.63) is 88.7 Å². The maximum absolute atomic E-state index is 12.4. The lowest BCUT2D eigenvalue weighted by molar-refractivity contribution is 0.251. The number of carbonyl (C=O) groups is 1. The van der Waals surface area contributed by atoms with Crippen molar-refractivity contribution in [3.8, 4) is 0 Å². The number of urea groups is 1. The van der Waals surface area contributed by atoms with Gasteiger partial charge in [-0.05, 0) is 57.4 Å². The molecule has 0 spiro atoms. The predicted molar refractivity (Wildman–Crippen MR) is 115 cm³/mol. The first-order valence-corrected chi connectivity index (χ1v) is 11.0. The molecular weight excluding hydrogens is 456 g/mol. The number of benzene rings is 2. The van der Waals surface area contributed by atoms with Crippen LogP contribution in [-0.4, -0.2) is 19.4 Å². The van der Waals surface area contributed by atoms with Gasteiger partial charge in [-0.1, -0.05) is 30.3 Å². The van der Waals surface area contributed by atoms with E-state index in [1.807, 2.05) is 6.07 Å². The molecule has 0 saturated carbocycles. The molecule has 0 aliphatic carbocycles. The van der Waals surface area contributed by atoms with Crippen molar-refractivity contribution in [1.29, 1.82) is 0 Å². The van der Waals surface area contributed by atoms with Crippen LogP contribution in [0.25, 0.3) is 0 Å². The maximum Gasteiger partial charge on any atom is 0.319 e. The van der Waals surface area contributed by atoms with E-state index in [1.165, 1.54) is 6.07 Å². The molecule has 150 valence electrons. The number of carbonyl (C=O) groups excluding carboxylic acids is 1. The van der Waals surface area contributed by atoms with Gasteiger partial charge >= 0.3 is 6.03 Å².